The second-order valence-corrected chi connectivity index (χ2v) is 7.75. The molecule has 0 unspecified atom stereocenters. The molecule has 2 aromatic heterocycles. The molecule has 2 N–H and O–H groups in total. The lowest BCUT2D eigenvalue weighted by molar-refractivity contribution is -0.121. The van der Waals surface area contributed by atoms with Gasteiger partial charge in [0.15, 0.2) is 0 Å². The summed E-state index contributed by atoms with van der Waals surface area (Å²) < 4.78 is 1.35. The molecule has 0 spiro atoms. The molecule has 0 aliphatic rings. The molecular formula is C26H22N4O2. The average Bonchev–Trinajstić information content (AvgIpc) is 3.26. The maximum absolute atomic E-state index is 12.8. The summed E-state index contributed by atoms with van der Waals surface area (Å²) in [4.78, 5) is 33.1. The largest absolute Gasteiger partial charge is 0.361 e. The highest BCUT2D eigenvalue weighted by molar-refractivity contribution is 5.84. The predicted molar refractivity (Wildman–Crippen MR) is 126 cm³/mol. The number of carbonyl (C=O) groups is 1. The Balaban J connectivity index is 1.39. The molecule has 0 saturated carbocycles. The van der Waals surface area contributed by atoms with Crippen LogP contribution in [0.4, 0.5) is 0 Å². The summed E-state index contributed by atoms with van der Waals surface area (Å²) in [6, 6.07) is 25.4. The minimum atomic E-state index is -0.232. The first kappa shape index (κ1) is 19.8. The van der Waals surface area contributed by atoms with Crippen molar-refractivity contribution in [1.29, 1.82) is 0 Å². The molecule has 3 aromatic carbocycles. The van der Waals surface area contributed by atoms with Crippen LogP contribution in [0.1, 0.15) is 17.0 Å². The predicted octanol–water partition coefficient (Wildman–Crippen LogP) is 3.83. The van der Waals surface area contributed by atoms with Gasteiger partial charge in [-0.1, -0.05) is 60.7 Å². The van der Waals surface area contributed by atoms with E-state index in [-0.39, 0.29) is 23.9 Å². The van der Waals surface area contributed by atoms with E-state index in [2.05, 4.69) is 33.5 Å². The van der Waals surface area contributed by atoms with Crippen LogP contribution < -0.4 is 10.9 Å². The van der Waals surface area contributed by atoms with Gasteiger partial charge in [0.05, 0.1) is 17.2 Å². The monoisotopic (exact) mass is 422 g/mol. The number of carbonyl (C=O) groups excluding carboxylic acids is 1. The Bertz CT molecular complexity index is 1450. The standard InChI is InChI=1S/C26H22N4O2/c31-25(16-30-17-29-24-13-7-5-11-20(24)26(30)32)28-14-21(18-8-2-1-3-9-18)22-15-27-23-12-6-4-10-19(22)23/h1-13,15,17,21,27H,14,16H2,(H,28,31)/t21-/m0/s1. The molecule has 2 heterocycles. The van der Waals surface area contributed by atoms with Gasteiger partial charge in [0.2, 0.25) is 5.91 Å². The number of amides is 1. The van der Waals surface area contributed by atoms with E-state index >= 15 is 0 Å². The topological polar surface area (TPSA) is 79.8 Å². The van der Waals surface area contributed by atoms with E-state index < -0.39 is 0 Å². The Morgan fingerprint density at radius 3 is 2.50 bits per heavy atom. The second kappa shape index (κ2) is 8.51. The summed E-state index contributed by atoms with van der Waals surface area (Å²) >= 11 is 0. The lowest BCUT2D eigenvalue weighted by atomic mass is 9.91. The van der Waals surface area contributed by atoms with Crippen LogP contribution in [0, 0.1) is 0 Å². The molecule has 0 fully saturated rings. The SMILES string of the molecule is O=C(Cn1cnc2ccccc2c1=O)NC[C@@H](c1ccccc1)c1c[nH]c2ccccc12. The molecule has 0 bridgehead atoms. The number of hydrogen-bond acceptors (Lipinski definition) is 3. The van der Waals surface area contributed by atoms with Crippen LogP contribution in [0.2, 0.25) is 0 Å². The fraction of sp³-hybridized carbons (Fsp3) is 0.115. The van der Waals surface area contributed by atoms with Crippen molar-refractivity contribution in [2.24, 2.45) is 0 Å². The zero-order chi connectivity index (χ0) is 21.9. The first-order valence-corrected chi connectivity index (χ1v) is 10.5. The van der Waals surface area contributed by atoms with Crippen LogP contribution in [-0.2, 0) is 11.3 Å². The normalized spacial score (nSPS) is 12.1. The van der Waals surface area contributed by atoms with E-state index in [4.69, 9.17) is 0 Å². The quantitative estimate of drug-likeness (QED) is 0.437. The molecular weight excluding hydrogens is 400 g/mol. The zero-order valence-corrected chi connectivity index (χ0v) is 17.4. The van der Waals surface area contributed by atoms with E-state index in [1.165, 1.54) is 10.9 Å². The first-order chi connectivity index (χ1) is 15.7. The Labute approximate surface area is 184 Å². The third-order valence-electron chi connectivity index (χ3n) is 5.75. The van der Waals surface area contributed by atoms with Crippen molar-refractivity contribution in [1.82, 2.24) is 19.9 Å². The lowest BCUT2D eigenvalue weighted by Crippen LogP contribution is -2.35. The van der Waals surface area contributed by atoms with Crippen LogP contribution in [0.5, 0.6) is 0 Å². The number of aromatic amines is 1. The van der Waals surface area contributed by atoms with Crippen molar-refractivity contribution >= 4 is 27.7 Å². The Morgan fingerprint density at radius 1 is 0.938 bits per heavy atom. The van der Waals surface area contributed by atoms with Crippen molar-refractivity contribution in [2.75, 3.05) is 6.54 Å². The van der Waals surface area contributed by atoms with Gasteiger partial charge in [0, 0.05) is 29.6 Å². The highest BCUT2D eigenvalue weighted by atomic mass is 16.2. The van der Waals surface area contributed by atoms with E-state index in [0.29, 0.717) is 17.4 Å². The molecule has 158 valence electrons. The molecule has 0 aliphatic carbocycles. The number of aromatic nitrogens is 3. The number of hydrogen-bond donors (Lipinski definition) is 2. The van der Waals surface area contributed by atoms with Gasteiger partial charge in [-0.15, -0.1) is 0 Å². The summed E-state index contributed by atoms with van der Waals surface area (Å²) in [6.07, 6.45) is 3.44. The highest BCUT2D eigenvalue weighted by Gasteiger charge is 2.19. The summed E-state index contributed by atoms with van der Waals surface area (Å²) in [5.74, 6) is -0.257. The number of H-pyrrole nitrogens is 1. The van der Waals surface area contributed by atoms with Crippen molar-refractivity contribution < 1.29 is 4.79 Å². The van der Waals surface area contributed by atoms with E-state index in [9.17, 15) is 9.59 Å². The van der Waals surface area contributed by atoms with Gasteiger partial charge in [-0.3, -0.25) is 14.2 Å². The van der Waals surface area contributed by atoms with E-state index in [0.717, 1.165) is 22.0 Å². The fourth-order valence-corrected chi connectivity index (χ4v) is 4.12. The highest BCUT2D eigenvalue weighted by Crippen LogP contribution is 2.30. The number of rotatable bonds is 6. The average molecular weight is 422 g/mol. The molecule has 32 heavy (non-hydrogen) atoms. The van der Waals surface area contributed by atoms with Crippen molar-refractivity contribution in [3.05, 3.63) is 113 Å². The maximum Gasteiger partial charge on any atom is 0.261 e. The summed E-state index contributed by atoms with van der Waals surface area (Å²) in [5, 5.41) is 4.65. The molecule has 6 heteroatoms. The Kier molecular flexibility index (Phi) is 5.25. The molecule has 6 nitrogen and oxygen atoms in total. The van der Waals surface area contributed by atoms with Crippen molar-refractivity contribution in [2.45, 2.75) is 12.5 Å². The third kappa shape index (κ3) is 3.78. The number of nitrogens with one attached hydrogen (secondary N) is 2. The summed E-state index contributed by atoms with van der Waals surface area (Å²) in [5.41, 5.74) is 3.70. The van der Waals surface area contributed by atoms with Gasteiger partial charge in [-0.05, 0) is 29.3 Å². The molecule has 0 radical (unpaired) electrons. The Hall–Kier alpha value is -4.19. The van der Waals surface area contributed by atoms with E-state index in [1.54, 1.807) is 18.2 Å². The third-order valence-corrected chi connectivity index (χ3v) is 5.75. The van der Waals surface area contributed by atoms with Gasteiger partial charge in [-0.25, -0.2) is 4.98 Å². The van der Waals surface area contributed by atoms with Gasteiger partial charge < -0.3 is 10.3 Å². The van der Waals surface area contributed by atoms with Gasteiger partial charge >= 0.3 is 0 Å². The van der Waals surface area contributed by atoms with E-state index in [1.807, 2.05) is 48.7 Å². The Morgan fingerprint density at radius 2 is 1.66 bits per heavy atom. The number of benzene rings is 3. The van der Waals surface area contributed by atoms with Gasteiger partial charge in [0.25, 0.3) is 5.56 Å². The molecule has 5 aromatic rings. The molecule has 0 aliphatic heterocycles. The van der Waals surface area contributed by atoms with Crippen molar-refractivity contribution in [3.8, 4) is 0 Å². The molecule has 0 saturated heterocycles. The smallest absolute Gasteiger partial charge is 0.261 e. The fourth-order valence-electron chi connectivity index (χ4n) is 4.12. The number of fused-ring (bicyclic) bond motifs is 2. The molecule has 1 atom stereocenters. The maximum atomic E-state index is 12.8. The molecule has 1 amide bonds. The minimum absolute atomic E-state index is 0.0252. The van der Waals surface area contributed by atoms with Crippen LogP contribution >= 0.6 is 0 Å². The molecule has 5 rings (SSSR count). The van der Waals surface area contributed by atoms with Crippen LogP contribution in [-0.4, -0.2) is 27.0 Å². The summed E-state index contributed by atoms with van der Waals surface area (Å²) in [6.45, 7) is 0.340. The van der Waals surface area contributed by atoms with Gasteiger partial charge in [-0.2, -0.15) is 0 Å². The van der Waals surface area contributed by atoms with Crippen LogP contribution in [0.15, 0.2) is 96.2 Å². The summed E-state index contributed by atoms with van der Waals surface area (Å²) in [7, 11) is 0. The second-order valence-electron chi connectivity index (χ2n) is 7.75. The number of nitrogens with zero attached hydrogens (tertiary/aromatic N) is 2. The first-order valence-electron chi connectivity index (χ1n) is 10.5. The zero-order valence-electron chi connectivity index (χ0n) is 17.4. The van der Waals surface area contributed by atoms with Gasteiger partial charge in [0.1, 0.15) is 6.54 Å². The van der Waals surface area contributed by atoms with Crippen LogP contribution in [0.25, 0.3) is 21.8 Å². The number of para-hydroxylation sites is 2. The lowest BCUT2D eigenvalue weighted by Gasteiger charge is -2.18. The minimum Gasteiger partial charge on any atom is -0.361 e. The van der Waals surface area contributed by atoms with Crippen molar-refractivity contribution in [3.63, 3.8) is 0 Å². The van der Waals surface area contributed by atoms with Crippen LogP contribution in [0.3, 0.4) is 0 Å².